The van der Waals surface area contributed by atoms with Gasteiger partial charge in [0.05, 0.1) is 0 Å². The summed E-state index contributed by atoms with van der Waals surface area (Å²) in [4.78, 5) is 14.9. The molecule has 1 fully saturated rings. The highest BCUT2D eigenvalue weighted by Crippen LogP contribution is 2.32. The van der Waals surface area contributed by atoms with Crippen LogP contribution >= 0.6 is 10.9 Å². The van der Waals surface area contributed by atoms with Gasteiger partial charge in [-0.15, -0.1) is 0 Å². The zero-order valence-electron chi connectivity index (χ0n) is 9.23. The van der Waals surface area contributed by atoms with E-state index in [0.29, 0.717) is 6.42 Å². The molecule has 1 aliphatic heterocycles. The van der Waals surface area contributed by atoms with Gasteiger partial charge < -0.3 is 4.90 Å². The Morgan fingerprint density at radius 2 is 2.13 bits per heavy atom. The summed E-state index contributed by atoms with van der Waals surface area (Å²) in [5, 5.41) is 0. The number of hydrogen-bond donors (Lipinski definition) is 1. The number of benzene rings is 1. The Morgan fingerprint density at radius 1 is 1.33 bits per heavy atom. The molecule has 0 radical (unpaired) electrons. The molecule has 1 aromatic carbocycles. The van der Waals surface area contributed by atoms with Crippen LogP contribution in [0, 0.1) is 0 Å². The summed E-state index contributed by atoms with van der Waals surface area (Å²) >= 11 is 0. The molecule has 1 heterocycles. The lowest BCUT2D eigenvalue weighted by Crippen LogP contribution is -2.23. The summed E-state index contributed by atoms with van der Waals surface area (Å²) in [5.74, 6) is 0.267. The fourth-order valence-corrected chi connectivity index (χ4v) is 2.63. The fourth-order valence-electron chi connectivity index (χ4n) is 1.86. The summed E-state index contributed by atoms with van der Waals surface area (Å²) in [5.41, 5.74) is 1.08. The number of amides is 1. The molecule has 2 rings (SSSR count). The van der Waals surface area contributed by atoms with Gasteiger partial charge in [-0.3, -0.25) is 4.79 Å². The molecule has 2 nitrogen and oxygen atoms in total. The fraction of sp³-hybridized carbons (Fsp3) is 0.417. The smallest absolute Gasteiger partial charge is 0.227 e. The van der Waals surface area contributed by atoms with Crippen LogP contribution in [0.15, 0.2) is 29.2 Å². The van der Waals surface area contributed by atoms with Crippen molar-refractivity contribution in [3.8, 4) is 0 Å². The minimum Gasteiger partial charge on any atom is -0.312 e. The van der Waals surface area contributed by atoms with Crippen LogP contribution in [0.25, 0.3) is 0 Å². The van der Waals surface area contributed by atoms with Crippen LogP contribution in [0.4, 0.5) is 5.69 Å². The Bertz CT molecular complexity index is 376. The number of thiol groups is 1. The van der Waals surface area contributed by atoms with Crippen LogP contribution < -0.4 is 4.90 Å². The first-order valence-corrected chi connectivity index (χ1v) is 7.50. The average Bonchev–Trinajstić information content (AvgIpc) is 2.64. The molecule has 1 saturated heterocycles. The molecule has 1 amide bonds. The Morgan fingerprint density at radius 3 is 2.73 bits per heavy atom. The molecule has 0 saturated carbocycles. The Labute approximate surface area is 93.6 Å². The SMILES string of the molecule is C[SH](C)c1cccc(N2CCCC2=O)c1. The highest BCUT2D eigenvalue weighted by Gasteiger charge is 2.21. The van der Waals surface area contributed by atoms with Gasteiger partial charge in [0.2, 0.25) is 5.91 Å². The van der Waals surface area contributed by atoms with Crippen molar-refractivity contribution in [2.24, 2.45) is 0 Å². The Kier molecular flexibility index (Phi) is 3.00. The zero-order valence-corrected chi connectivity index (χ0v) is 10.1. The van der Waals surface area contributed by atoms with E-state index in [1.165, 1.54) is 4.90 Å². The van der Waals surface area contributed by atoms with Gasteiger partial charge in [0.25, 0.3) is 0 Å². The number of hydrogen-bond acceptors (Lipinski definition) is 1. The second-order valence-electron chi connectivity index (χ2n) is 4.06. The van der Waals surface area contributed by atoms with Crippen molar-refractivity contribution in [3.05, 3.63) is 24.3 Å². The van der Waals surface area contributed by atoms with Crippen molar-refractivity contribution in [2.45, 2.75) is 17.7 Å². The number of carbonyl (C=O) groups excluding carboxylic acids is 1. The maximum atomic E-state index is 11.6. The van der Waals surface area contributed by atoms with Crippen molar-refractivity contribution in [1.82, 2.24) is 0 Å². The average molecular weight is 223 g/mol. The predicted molar refractivity (Wildman–Crippen MR) is 67.1 cm³/mol. The van der Waals surface area contributed by atoms with E-state index < -0.39 is 0 Å². The molecule has 0 aromatic heterocycles. The normalized spacial score (nSPS) is 17.1. The number of rotatable bonds is 2. The molecule has 0 N–H and O–H groups in total. The molecule has 0 unspecified atom stereocenters. The van der Waals surface area contributed by atoms with Crippen molar-refractivity contribution in [1.29, 1.82) is 0 Å². The molecular formula is C12H17NOS. The molecule has 3 heteroatoms. The van der Waals surface area contributed by atoms with E-state index in [4.69, 9.17) is 0 Å². The highest BCUT2D eigenvalue weighted by atomic mass is 32.2. The van der Waals surface area contributed by atoms with Crippen molar-refractivity contribution < 1.29 is 4.79 Å². The van der Waals surface area contributed by atoms with E-state index in [2.05, 4.69) is 30.7 Å². The van der Waals surface area contributed by atoms with E-state index in [-0.39, 0.29) is 16.8 Å². The first kappa shape index (κ1) is 10.6. The van der Waals surface area contributed by atoms with E-state index in [0.717, 1.165) is 18.7 Å². The summed E-state index contributed by atoms with van der Waals surface area (Å²) in [6, 6.07) is 8.40. The van der Waals surface area contributed by atoms with Crippen molar-refractivity contribution >= 4 is 22.5 Å². The second-order valence-corrected chi connectivity index (χ2v) is 6.37. The van der Waals surface area contributed by atoms with Crippen LogP contribution in [0.2, 0.25) is 0 Å². The van der Waals surface area contributed by atoms with Gasteiger partial charge in [-0.25, -0.2) is 10.9 Å². The minimum atomic E-state index is -0.0784. The minimum absolute atomic E-state index is 0.0784. The molecule has 0 spiro atoms. The third-order valence-corrected chi connectivity index (χ3v) is 4.04. The van der Waals surface area contributed by atoms with E-state index >= 15 is 0 Å². The van der Waals surface area contributed by atoms with E-state index in [9.17, 15) is 4.79 Å². The molecule has 1 aromatic rings. The quantitative estimate of drug-likeness (QED) is 0.764. The molecule has 82 valence electrons. The molecule has 0 bridgehead atoms. The largest absolute Gasteiger partial charge is 0.312 e. The summed E-state index contributed by atoms with van der Waals surface area (Å²) < 4.78 is 0. The van der Waals surface area contributed by atoms with Crippen molar-refractivity contribution in [2.75, 3.05) is 24.0 Å². The molecular weight excluding hydrogens is 206 g/mol. The molecule has 1 aliphatic rings. The summed E-state index contributed by atoms with van der Waals surface area (Å²) in [6.07, 6.45) is 6.17. The monoisotopic (exact) mass is 223 g/mol. The van der Waals surface area contributed by atoms with Gasteiger partial charge in [0.1, 0.15) is 0 Å². The second kappa shape index (κ2) is 4.27. The lowest BCUT2D eigenvalue weighted by atomic mass is 10.3. The van der Waals surface area contributed by atoms with Crippen LogP contribution in [-0.4, -0.2) is 25.0 Å². The number of nitrogens with zero attached hydrogens (tertiary/aromatic N) is 1. The zero-order chi connectivity index (χ0) is 10.8. The third-order valence-electron chi connectivity index (χ3n) is 2.73. The van der Waals surface area contributed by atoms with Gasteiger partial charge in [-0.2, -0.15) is 0 Å². The van der Waals surface area contributed by atoms with Crippen LogP contribution in [0.3, 0.4) is 0 Å². The predicted octanol–water partition coefficient (Wildman–Crippen LogP) is 2.43. The van der Waals surface area contributed by atoms with E-state index in [1.54, 1.807) is 0 Å². The third kappa shape index (κ3) is 2.17. The van der Waals surface area contributed by atoms with Crippen LogP contribution in [0.5, 0.6) is 0 Å². The van der Waals surface area contributed by atoms with Gasteiger partial charge >= 0.3 is 0 Å². The van der Waals surface area contributed by atoms with Gasteiger partial charge in [0.15, 0.2) is 0 Å². The maximum Gasteiger partial charge on any atom is 0.227 e. The number of anilines is 1. The Hall–Kier alpha value is -0.960. The highest BCUT2D eigenvalue weighted by molar-refractivity contribution is 8.15. The van der Waals surface area contributed by atoms with Crippen molar-refractivity contribution in [3.63, 3.8) is 0 Å². The lowest BCUT2D eigenvalue weighted by molar-refractivity contribution is -0.117. The molecule has 0 aliphatic carbocycles. The first-order valence-electron chi connectivity index (χ1n) is 5.26. The van der Waals surface area contributed by atoms with Gasteiger partial charge in [-0.05, 0) is 36.0 Å². The van der Waals surface area contributed by atoms with E-state index in [1.807, 2.05) is 11.0 Å². The first-order chi connectivity index (χ1) is 7.18. The molecule has 15 heavy (non-hydrogen) atoms. The summed E-state index contributed by atoms with van der Waals surface area (Å²) in [7, 11) is -0.0784. The van der Waals surface area contributed by atoms with Gasteiger partial charge in [-0.1, -0.05) is 12.1 Å². The maximum absolute atomic E-state index is 11.6. The Balaban J connectivity index is 2.28. The van der Waals surface area contributed by atoms with Crippen LogP contribution in [0.1, 0.15) is 12.8 Å². The summed E-state index contributed by atoms with van der Waals surface area (Å²) in [6.45, 7) is 0.883. The topological polar surface area (TPSA) is 20.3 Å². The lowest BCUT2D eigenvalue weighted by Gasteiger charge is -2.18. The molecule has 0 atom stereocenters. The standard InChI is InChI=1S/C12H17NOS/c1-15(2)11-6-3-5-10(9-11)13-8-4-7-12(13)14/h3,5-6,9,15H,4,7-8H2,1-2H3. The van der Waals surface area contributed by atoms with Crippen LogP contribution in [-0.2, 0) is 4.79 Å². The van der Waals surface area contributed by atoms with Gasteiger partial charge in [0, 0.05) is 18.7 Å². The number of carbonyl (C=O) groups is 1.